The molecule has 0 N–H and O–H groups in total. The van der Waals surface area contributed by atoms with Crippen molar-refractivity contribution in [2.45, 2.75) is 52.4 Å². The molecule has 5 heteroatoms. The Morgan fingerprint density at radius 1 is 0.443 bits per heavy atom. The van der Waals surface area contributed by atoms with Gasteiger partial charge in [-0.25, -0.2) is 8.78 Å². The Morgan fingerprint density at radius 3 is 1.75 bits per heavy atom. The molecule has 0 radical (unpaired) electrons. The summed E-state index contributed by atoms with van der Waals surface area (Å²) in [5.41, 5.74) is 16.1. The minimum atomic E-state index is -0.583. The maximum Gasteiger partial charge on any atom is 0.253 e. The fourth-order valence-corrected chi connectivity index (χ4v) is 10.7. The second-order valence-electron chi connectivity index (χ2n) is 19.2. The highest BCUT2D eigenvalue weighted by Crippen LogP contribution is 2.48. The van der Waals surface area contributed by atoms with Gasteiger partial charge in [-0.05, 0) is 114 Å². The minimum absolute atomic E-state index is 0.0213. The Kier molecular flexibility index (Phi) is 7.36. The number of benzene rings is 8. The average Bonchev–Trinajstić information content (AvgIpc) is 3.77. The van der Waals surface area contributed by atoms with Crippen LogP contribution in [0.4, 0.5) is 8.78 Å². The highest BCUT2D eigenvalue weighted by Gasteiger charge is 2.44. The number of fused-ring (bicyclic) bond motifs is 9. The van der Waals surface area contributed by atoms with Crippen molar-refractivity contribution in [1.29, 1.82) is 0 Å². The van der Waals surface area contributed by atoms with Crippen LogP contribution in [0, 0.1) is 11.6 Å². The van der Waals surface area contributed by atoms with E-state index in [1.807, 2.05) is 0 Å². The van der Waals surface area contributed by atoms with E-state index in [1.165, 1.54) is 61.8 Å². The topological polar surface area (TPSA) is 9.86 Å². The van der Waals surface area contributed by atoms with E-state index >= 15 is 8.78 Å². The summed E-state index contributed by atoms with van der Waals surface area (Å²) in [5.74, 6) is -1.17. The van der Waals surface area contributed by atoms with Crippen LogP contribution >= 0.6 is 0 Å². The van der Waals surface area contributed by atoms with Gasteiger partial charge < -0.3 is 9.13 Å². The van der Waals surface area contributed by atoms with E-state index in [-0.39, 0.29) is 23.1 Å². The molecule has 2 aromatic heterocycles. The molecule has 0 bridgehead atoms. The van der Waals surface area contributed by atoms with Crippen LogP contribution in [0.15, 0.2) is 152 Å². The van der Waals surface area contributed by atoms with E-state index in [4.69, 9.17) is 0 Å². The normalized spacial score (nSPS) is 13.2. The van der Waals surface area contributed by atoms with E-state index in [2.05, 4.69) is 184 Å². The molecule has 2 aliphatic rings. The molecule has 4 heterocycles. The zero-order valence-corrected chi connectivity index (χ0v) is 35.2. The zero-order chi connectivity index (χ0) is 41.7. The summed E-state index contributed by atoms with van der Waals surface area (Å²) in [6, 6.07) is 52.5. The Labute approximate surface area is 354 Å². The van der Waals surface area contributed by atoms with Crippen LogP contribution in [0.3, 0.4) is 0 Å². The summed E-state index contributed by atoms with van der Waals surface area (Å²) in [4.78, 5) is 0. The number of nitrogens with zero attached hydrogens (tertiary/aromatic N) is 2. The van der Waals surface area contributed by atoms with Gasteiger partial charge in [-0.15, -0.1) is 0 Å². The monoisotopic (exact) mass is 792 g/mol. The van der Waals surface area contributed by atoms with Crippen molar-refractivity contribution < 1.29 is 8.78 Å². The van der Waals surface area contributed by atoms with Crippen molar-refractivity contribution in [2.24, 2.45) is 0 Å². The molecule has 61 heavy (non-hydrogen) atoms. The lowest BCUT2D eigenvalue weighted by atomic mass is 9.33. The number of hydrogen-bond acceptors (Lipinski definition) is 0. The third kappa shape index (κ3) is 5.01. The molecule has 0 atom stereocenters. The molecule has 0 fully saturated rings. The van der Waals surface area contributed by atoms with Gasteiger partial charge in [0.1, 0.15) is 11.6 Å². The molecule has 0 unspecified atom stereocenters. The molecular formula is C56H43BF2N2. The first-order valence-electron chi connectivity index (χ1n) is 21.4. The van der Waals surface area contributed by atoms with Crippen LogP contribution in [0.2, 0.25) is 0 Å². The van der Waals surface area contributed by atoms with Gasteiger partial charge in [0.25, 0.3) is 6.71 Å². The third-order valence-electron chi connectivity index (χ3n) is 13.5. The molecule has 0 amide bonds. The van der Waals surface area contributed by atoms with Gasteiger partial charge in [0.2, 0.25) is 0 Å². The second-order valence-corrected chi connectivity index (χ2v) is 19.2. The van der Waals surface area contributed by atoms with Crippen LogP contribution in [0.5, 0.6) is 0 Å². The molecule has 0 spiro atoms. The SMILES string of the molecule is CC(C)(C)c1ccc2c(c1)c1cc(C(C)(C)C)cc3c1n2-c1cc(-c2c(F)cccc2F)cc2c1B3c1c3ccccc3cc3c(-c4ccccc4)c(-c4ccccc4)n-2c13. The maximum absolute atomic E-state index is 16.2. The van der Waals surface area contributed by atoms with Crippen LogP contribution < -0.4 is 16.4 Å². The van der Waals surface area contributed by atoms with Crippen LogP contribution in [0.25, 0.3) is 88.4 Å². The van der Waals surface area contributed by atoms with Gasteiger partial charge in [-0.1, -0.05) is 145 Å². The largest absolute Gasteiger partial charge is 0.310 e. The molecular weight excluding hydrogens is 749 g/mol. The summed E-state index contributed by atoms with van der Waals surface area (Å²) in [5, 5.41) is 5.91. The van der Waals surface area contributed by atoms with Gasteiger partial charge in [0.15, 0.2) is 0 Å². The van der Waals surface area contributed by atoms with Gasteiger partial charge in [-0.3, -0.25) is 0 Å². The summed E-state index contributed by atoms with van der Waals surface area (Å²) < 4.78 is 37.3. The molecule has 12 rings (SSSR count). The predicted molar refractivity (Wildman–Crippen MR) is 253 cm³/mol. The predicted octanol–water partition coefficient (Wildman–Crippen LogP) is 12.9. The average molecular weight is 793 g/mol. The zero-order valence-electron chi connectivity index (χ0n) is 35.2. The Morgan fingerprint density at radius 2 is 1.07 bits per heavy atom. The van der Waals surface area contributed by atoms with Crippen LogP contribution in [0.1, 0.15) is 52.7 Å². The molecule has 2 nitrogen and oxygen atoms in total. The smallest absolute Gasteiger partial charge is 0.253 e. The van der Waals surface area contributed by atoms with Crippen molar-refractivity contribution in [3.8, 4) is 44.9 Å². The quantitative estimate of drug-likeness (QED) is 0.158. The van der Waals surface area contributed by atoms with Crippen molar-refractivity contribution >= 4 is 66.6 Å². The van der Waals surface area contributed by atoms with E-state index in [1.54, 1.807) is 0 Å². The summed E-state index contributed by atoms with van der Waals surface area (Å²) >= 11 is 0. The Bertz CT molecular complexity index is 3490. The summed E-state index contributed by atoms with van der Waals surface area (Å²) in [6.45, 7) is 13.5. The fourth-order valence-electron chi connectivity index (χ4n) is 10.7. The lowest BCUT2D eigenvalue weighted by Crippen LogP contribution is -2.60. The lowest BCUT2D eigenvalue weighted by Gasteiger charge is -2.36. The number of hydrogen-bond donors (Lipinski definition) is 0. The van der Waals surface area contributed by atoms with Gasteiger partial charge in [0.05, 0.1) is 22.3 Å². The molecule has 8 aromatic carbocycles. The number of aromatic nitrogens is 2. The van der Waals surface area contributed by atoms with E-state index in [0.29, 0.717) is 5.56 Å². The first kappa shape index (κ1) is 36.2. The first-order valence-corrected chi connectivity index (χ1v) is 21.4. The van der Waals surface area contributed by atoms with Crippen molar-refractivity contribution in [3.05, 3.63) is 174 Å². The molecule has 10 aromatic rings. The van der Waals surface area contributed by atoms with Crippen LogP contribution in [-0.2, 0) is 10.8 Å². The van der Waals surface area contributed by atoms with Crippen molar-refractivity contribution in [1.82, 2.24) is 9.13 Å². The molecule has 2 aliphatic heterocycles. The molecule has 0 saturated heterocycles. The van der Waals surface area contributed by atoms with Gasteiger partial charge >= 0.3 is 0 Å². The van der Waals surface area contributed by atoms with Crippen LogP contribution in [-0.4, -0.2) is 15.8 Å². The summed E-state index contributed by atoms with van der Waals surface area (Å²) in [7, 11) is 0. The van der Waals surface area contributed by atoms with Gasteiger partial charge in [0, 0.05) is 38.6 Å². The molecule has 0 saturated carbocycles. The van der Waals surface area contributed by atoms with Crippen molar-refractivity contribution in [3.63, 3.8) is 0 Å². The Hall–Kier alpha value is -6.72. The van der Waals surface area contributed by atoms with E-state index in [0.717, 1.165) is 61.2 Å². The van der Waals surface area contributed by atoms with Crippen molar-refractivity contribution in [2.75, 3.05) is 0 Å². The third-order valence-corrected chi connectivity index (χ3v) is 13.5. The van der Waals surface area contributed by atoms with Gasteiger partial charge in [-0.2, -0.15) is 0 Å². The highest BCUT2D eigenvalue weighted by molar-refractivity contribution is 7.01. The summed E-state index contributed by atoms with van der Waals surface area (Å²) in [6.07, 6.45) is 0. The van der Waals surface area contributed by atoms with E-state index in [9.17, 15) is 0 Å². The number of halogens is 2. The Balaban J connectivity index is 1.37. The first-order chi connectivity index (χ1) is 29.4. The van der Waals surface area contributed by atoms with E-state index < -0.39 is 11.6 Å². The minimum Gasteiger partial charge on any atom is -0.310 e. The fraction of sp³-hybridized carbons (Fsp3) is 0.143. The standard InChI is InChI=1S/C56H43BF2N2/c1-55(2,3)36-24-25-45-39(29-36)40-30-37(56(4,5)6)31-42-53(40)60(45)46-27-35(49-43(58)22-15-23-44(49)59)28-47-51(46)57(42)50-38-21-14-13-20-34(38)26-41-48(32-16-9-7-10-17-32)52(61(47)54(41)50)33-18-11-8-12-19-33/h7-31H,1-6H3. The lowest BCUT2D eigenvalue weighted by molar-refractivity contribution is 0.589. The maximum atomic E-state index is 16.2. The molecule has 294 valence electrons. The molecule has 0 aliphatic carbocycles. The second kappa shape index (κ2) is 12.4. The number of rotatable bonds is 3. The highest BCUT2D eigenvalue weighted by atomic mass is 19.1.